The summed E-state index contributed by atoms with van der Waals surface area (Å²) in [4.78, 5) is 19.7. The van der Waals surface area contributed by atoms with Crippen LogP contribution in [0.3, 0.4) is 0 Å². The van der Waals surface area contributed by atoms with Crippen LogP contribution in [-0.2, 0) is 21.4 Å². The number of sulfonamides is 1. The number of hydrogen-bond donors (Lipinski definition) is 0. The van der Waals surface area contributed by atoms with E-state index in [1.807, 2.05) is 35.4 Å². The second-order valence-corrected chi connectivity index (χ2v) is 8.49. The number of amides is 1. The van der Waals surface area contributed by atoms with Gasteiger partial charge in [-0.05, 0) is 42.3 Å². The first-order chi connectivity index (χ1) is 13.5. The average molecular weight is 401 g/mol. The van der Waals surface area contributed by atoms with E-state index < -0.39 is 10.0 Å². The lowest BCUT2D eigenvalue weighted by molar-refractivity contribution is -0.125. The Kier molecular flexibility index (Phi) is 6.43. The van der Waals surface area contributed by atoms with Crippen LogP contribution in [0.25, 0.3) is 0 Å². The minimum absolute atomic E-state index is 0.162. The van der Waals surface area contributed by atoms with Gasteiger partial charge in [0.25, 0.3) is 0 Å². The average Bonchev–Trinajstić information content (AvgIpc) is 3.11. The van der Waals surface area contributed by atoms with Crippen LogP contribution in [0.15, 0.2) is 71.4 Å². The van der Waals surface area contributed by atoms with Crippen LogP contribution in [0.4, 0.5) is 0 Å². The smallest absolute Gasteiger partial charge is 0.245 e. The molecule has 0 bridgehead atoms. The first kappa shape index (κ1) is 20.0. The highest BCUT2D eigenvalue weighted by molar-refractivity contribution is 7.89. The number of hydrogen-bond acceptors (Lipinski definition) is 5. The molecule has 7 nitrogen and oxygen atoms in total. The minimum Gasteiger partial charge on any atom is -0.338 e. The molecular weight excluding hydrogens is 376 g/mol. The van der Waals surface area contributed by atoms with E-state index in [0.717, 1.165) is 5.56 Å². The van der Waals surface area contributed by atoms with E-state index in [1.165, 1.54) is 10.4 Å². The van der Waals surface area contributed by atoms with Gasteiger partial charge in [0.05, 0.1) is 11.2 Å². The molecule has 148 valence electrons. The number of benzene rings is 1. The highest BCUT2D eigenvalue weighted by Gasteiger charge is 2.27. The van der Waals surface area contributed by atoms with E-state index in [9.17, 15) is 13.2 Å². The van der Waals surface area contributed by atoms with Crippen molar-refractivity contribution in [2.24, 2.45) is 4.99 Å². The Morgan fingerprint density at radius 1 is 1.11 bits per heavy atom. The topological polar surface area (TPSA) is 73.3 Å². The maximum absolute atomic E-state index is 13.0. The van der Waals surface area contributed by atoms with Gasteiger partial charge in [-0.15, -0.1) is 0 Å². The van der Waals surface area contributed by atoms with E-state index in [4.69, 9.17) is 0 Å². The van der Waals surface area contributed by atoms with Gasteiger partial charge in [0.1, 0.15) is 0 Å². The lowest BCUT2D eigenvalue weighted by Crippen LogP contribution is -2.36. The first-order valence-corrected chi connectivity index (χ1v) is 10.6. The third-order valence-electron chi connectivity index (χ3n) is 4.64. The molecule has 28 heavy (non-hydrogen) atoms. The monoisotopic (exact) mass is 400 g/mol. The minimum atomic E-state index is -3.59. The lowest BCUT2D eigenvalue weighted by Gasteiger charge is -2.21. The fourth-order valence-corrected chi connectivity index (χ4v) is 4.60. The molecule has 0 aliphatic carbocycles. The van der Waals surface area contributed by atoms with E-state index in [2.05, 4.69) is 11.6 Å². The van der Waals surface area contributed by atoms with Crippen molar-refractivity contribution in [1.82, 2.24) is 14.1 Å². The predicted octanol–water partition coefficient (Wildman–Crippen LogP) is 1.97. The van der Waals surface area contributed by atoms with Crippen molar-refractivity contribution in [3.05, 3.63) is 67.0 Å². The maximum Gasteiger partial charge on any atom is 0.245 e. The van der Waals surface area contributed by atoms with Crippen LogP contribution in [0.1, 0.15) is 12.0 Å². The van der Waals surface area contributed by atoms with Crippen LogP contribution in [-0.4, -0.2) is 60.9 Å². The van der Waals surface area contributed by atoms with Gasteiger partial charge in [0.2, 0.25) is 15.9 Å². The molecule has 0 aromatic heterocycles. The first-order valence-electron chi connectivity index (χ1n) is 9.13. The van der Waals surface area contributed by atoms with Gasteiger partial charge in [0.15, 0.2) is 0 Å². The molecule has 2 heterocycles. The molecule has 0 radical (unpaired) electrons. The third-order valence-corrected chi connectivity index (χ3v) is 6.56. The van der Waals surface area contributed by atoms with Gasteiger partial charge in [-0.1, -0.05) is 18.7 Å². The predicted molar refractivity (Wildman–Crippen MR) is 109 cm³/mol. The Bertz CT molecular complexity index is 888. The van der Waals surface area contributed by atoms with Crippen LogP contribution < -0.4 is 0 Å². The summed E-state index contributed by atoms with van der Waals surface area (Å²) in [5.41, 5.74) is 0.982. The fraction of sp³-hybridized carbons (Fsp3) is 0.300. The summed E-state index contributed by atoms with van der Waals surface area (Å²) in [5.74, 6) is -0.162. The fourth-order valence-electron chi connectivity index (χ4n) is 3.13. The molecule has 0 N–H and O–H groups in total. The quantitative estimate of drug-likeness (QED) is 0.709. The molecule has 0 saturated carbocycles. The highest BCUT2D eigenvalue weighted by Crippen LogP contribution is 2.19. The van der Waals surface area contributed by atoms with E-state index in [0.29, 0.717) is 32.6 Å². The number of aliphatic imine (C=N–C) groups is 1. The number of nitrogens with zero attached hydrogens (tertiary/aromatic N) is 4. The largest absolute Gasteiger partial charge is 0.338 e. The summed E-state index contributed by atoms with van der Waals surface area (Å²) in [6.07, 6.45) is 10.9. The molecule has 1 aromatic rings. The maximum atomic E-state index is 13.0. The molecule has 2 aliphatic rings. The van der Waals surface area contributed by atoms with Gasteiger partial charge < -0.3 is 9.80 Å². The summed E-state index contributed by atoms with van der Waals surface area (Å²) in [6.45, 7) is 5.68. The molecule has 1 aromatic carbocycles. The van der Waals surface area contributed by atoms with Crippen molar-refractivity contribution >= 4 is 22.3 Å². The zero-order chi connectivity index (χ0) is 20.0. The van der Waals surface area contributed by atoms with Gasteiger partial charge in [-0.3, -0.25) is 4.79 Å². The number of carbonyl (C=O) groups excluding carboxylic acids is 1. The third kappa shape index (κ3) is 4.76. The van der Waals surface area contributed by atoms with Crippen molar-refractivity contribution in [3.63, 3.8) is 0 Å². The molecule has 1 amide bonds. The van der Waals surface area contributed by atoms with Crippen LogP contribution in [0, 0.1) is 0 Å². The normalized spacial score (nSPS) is 18.0. The van der Waals surface area contributed by atoms with E-state index in [-0.39, 0.29) is 17.3 Å². The summed E-state index contributed by atoms with van der Waals surface area (Å²) in [5, 5.41) is 0. The summed E-state index contributed by atoms with van der Waals surface area (Å²) < 4.78 is 27.4. The molecule has 2 aliphatic heterocycles. The second kappa shape index (κ2) is 8.99. The number of carbonyl (C=O) groups is 1. The van der Waals surface area contributed by atoms with Gasteiger partial charge >= 0.3 is 0 Å². The molecule has 8 heteroatoms. The second-order valence-electron chi connectivity index (χ2n) is 6.55. The Morgan fingerprint density at radius 3 is 2.64 bits per heavy atom. The van der Waals surface area contributed by atoms with Crippen LogP contribution in [0.2, 0.25) is 0 Å². The van der Waals surface area contributed by atoms with Crippen molar-refractivity contribution in [2.45, 2.75) is 17.9 Å². The molecule has 0 atom stereocenters. The van der Waals surface area contributed by atoms with Crippen molar-refractivity contribution in [1.29, 1.82) is 0 Å². The zero-order valence-electron chi connectivity index (χ0n) is 15.6. The molecule has 1 fully saturated rings. The molecule has 1 saturated heterocycles. The Balaban J connectivity index is 1.68. The van der Waals surface area contributed by atoms with Gasteiger partial charge in [-0.2, -0.15) is 4.31 Å². The lowest BCUT2D eigenvalue weighted by atomic mass is 10.2. The number of allylic oxidation sites excluding steroid dienone is 2. The molecule has 3 rings (SSSR count). The Morgan fingerprint density at radius 2 is 1.89 bits per heavy atom. The highest BCUT2D eigenvalue weighted by atomic mass is 32.2. The molecular formula is C20H24N4O3S. The van der Waals surface area contributed by atoms with E-state index in [1.54, 1.807) is 29.6 Å². The standard InChI is InChI=1S/C20H24N4O3S/c1-2-20(25)23-12-5-13-24(15-14-23)28(26,27)19-8-6-18(7-9-19)16-22-11-4-3-10-21-17-22/h2-4,6-11,17H,1,5,12-16H2. The van der Waals surface area contributed by atoms with Crippen molar-refractivity contribution in [2.75, 3.05) is 26.2 Å². The molecule has 0 unspecified atom stereocenters. The Hall–Kier alpha value is -2.71. The summed E-state index contributed by atoms with van der Waals surface area (Å²) >= 11 is 0. The Labute approximate surface area is 166 Å². The van der Waals surface area contributed by atoms with Gasteiger partial charge in [0, 0.05) is 45.1 Å². The van der Waals surface area contributed by atoms with E-state index >= 15 is 0 Å². The molecule has 0 spiro atoms. The van der Waals surface area contributed by atoms with Gasteiger partial charge in [-0.25, -0.2) is 13.4 Å². The van der Waals surface area contributed by atoms with Crippen molar-refractivity contribution in [3.8, 4) is 0 Å². The SMILES string of the molecule is C=CC(=O)N1CCCN(S(=O)(=O)c2ccc(CN3C=CC=CN=C3)cc2)CC1. The van der Waals surface area contributed by atoms with Crippen LogP contribution >= 0.6 is 0 Å². The zero-order valence-corrected chi connectivity index (χ0v) is 16.5. The van der Waals surface area contributed by atoms with Crippen LogP contribution in [0.5, 0.6) is 0 Å². The summed E-state index contributed by atoms with van der Waals surface area (Å²) in [6, 6.07) is 6.91. The van der Waals surface area contributed by atoms with Crippen molar-refractivity contribution < 1.29 is 13.2 Å². The summed E-state index contributed by atoms with van der Waals surface area (Å²) in [7, 11) is -3.59. The number of rotatable bonds is 5.